The number of carbonyl (C=O) groups excluding carboxylic acids is 4. The van der Waals surface area contributed by atoms with Crippen molar-refractivity contribution >= 4 is 67.6 Å². The number of aromatic nitrogens is 3. The van der Waals surface area contributed by atoms with Gasteiger partial charge in [-0.3, -0.25) is 29.2 Å². The number of hydrogen-bond donors (Lipinski definition) is 5. The van der Waals surface area contributed by atoms with E-state index >= 15 is 13.2 Å². The summed E-state index contributed by atoms with van der Waals surface area (Å²) in [5.74, 6) is -4.28. The number of pyridine rings is 2. The van der Waals surface area contributed by atoms with Crippen LogP contribution in [0.3, 0.4) is 0 Å². The minimum Gasteiger partial charge on any atom is -0.389 e. The van der Waals surface area contributed by atoms with Crippen LogP contribution in [-0.4, -0.2) is 125 Å². The normalized spacial score (nSPS) is 19.0. The van der Waals surface area contributed by atoms with Crippen LogP contribution in [0.2, 0.25) is 0 Å². The van der Waals surface area contributed by atoms with Crippen molar-refractivity contribution in [3.8, 4) is 11.1 Å². The van der Waals surface area contributed by atoms with Crippen LogP contribution >= 0.6 is 0 Å². The van der Waals surface area contributed by atoms with Crippen molar-refractivity contribution in [1.82, 2.24) is 29.5 Å². The van der Waals surface area contributed by atoms with Crippen LogP contribution < -0.4 is 25.2 Å². The van der Waals surface area contributed by atoms with Gasteiger partial charge in [0.2, 0.25) is 23.5 Å². The molecule has 1 unspecified atom stereocenters. The lowest BCUT2D eigenvalue weighted by atomic mass is 9.87. The molecule has 1 atom stereocenters. The molecule has 0 spiro atoms. The molecule has 9 rings (SSSR count). The Bertz CT molecular complexity index is 2840. The molecule has 3 aromatic heterocycles. The van der Waals surface area contributed by atoms with Gasteiger partial charge in [-0.05, 0) is 80.6 Å². The highest BCUT2D eigenvalue weighted by Crippen LogP contribution is 2.34. The fourth-order valence-corrected chi connectivity index (χ4v) is 9.90. The van der Waals surface area contributed by atoms with Crippen molar-refractivity contribution in [2.24, 2.45) is 0 Å². The summed E-state index contributed by atoms with van der Waals surface area (Å²) in [7, 11) is -2.79. The molecule has 17 nitrogen and oxygen atoms in total. The van der Waals surface area contributed by atoms with E-state index < -0.39 is 62.2 Å². The van der Waals surface area contributed by atoms with E-state index in [2.05, 4.69) is 30.3 Å². The lowest BCUT2D eigenvalue weighted by molar-refractivity contribution is -0.138. The second-order valence-corrected chi connectivity index (χ2v) is 19.0. The average Bonchev–Trinajstić information content (AvgIpc) is 4.06. The quantitative estimate of drug-likeness (QED) is 0.0826. The van der Waals surface area contributed by atoms with Crippen molar-refractivity contribution in [3.63, 3.8) is 0 Å². The zero-order valence-corrected chi connectivity index (χ0v) is 36.6. The van der Waals surface area contributed by atoms with Gasteiger partial charge in [-0.1, -0.05) is 0 Å². The Morgan fingerprint density at radius 2 is 1.64 bits per heavy atom. The number of ketones is 1. The molecule has 1 aliphatic carbocycles. The molecule has 346 valence electrons. The molecule has 66 heavy (non-hydrogen) atoms. The second-order valence-electron chi connectivity index (χ2n) is 17.3. The predicted molar refractivity (Wildman–Crippen MR) is 238 cm³/mol. The monoisotopic (exact) mass is 928 g/mol. The van der Waals surface area contributed by atoms with E-state index in [1.165, 1.54) is 19.3 Å². The Balaban J connectivity index is 0.786. The van der Waals surface area contributed by atoms with Gasteiger partial charge in [-0.25, -0.2) is 23.1 Å². The lowest BCUT2D eigenvalue weighted by Gasteiger charge is -2.41. The standard InChI is InChI=1S/C45H47F3N10O7S/c1-55(29-4-5-29)66(64,65)54-34-7-6-32(46)40(41(34)48)42(61)31-25-51-43-30(31)20-27(24-50-43)26-2-10-37(49-23-26)57-16-18-58(19-17-57)39(60)22-45(63)12-14-56(15-13-45)36-9-3-28(21-33(36)47)52-35-8-11-38(59)53-44(35)62/h2-3,6-7,9-10,20-21,23-25,29,35,52,54,63H,4-5,8,11-19,22H2,1H3,(H,50,51)(H,53,59,62). The maximum atomic E-state index is 15.7. The number of nitrogens with one attached hydrogen (secondary N) is 4. The summed E-state index contributed by atoms with van der Waals surface area (Å²) in [6.45, 7) is 2.48. The maximum Gasteiger partial charge on any atom is 0.301 e. The number of carbonyl (C=O) groups is 4. The number of halogens is 3. The summed E-state index contributed by atoms with van der Waals surface area (Å²) in [6.07, 6.45) is 6.84. The number of imide groups is 1. The lowest BCUT2D eigenvalue weighted by Crippen LogP contribution is -2.52. The van der Waals surface area contributed by atoms with Crippen LogP contribution in [0.1, 0.15) is 60.9 Å². The van der Waals surface area contributed by atoms with Crippen molar-refractivity contribution < 1.29 is 45.9 Å². The number of rotatable bonds is 13. The molecule has 6 heterocycles. The number of anilines is 4. The van der Waals surface area contributed by atoms with Gasteiger partial charge in [0.05, 0.1) is 29.0 Å². The summed E-state index contributed by atoms with van der Waals surface area (Å²) >= 11 is 0. The third-order valence-corrected chi connectivity index (χ3v) is 14.4. The molecular weight excluding hydrogens is 882 g/mol. The van der Waals surface area contributed by atoms with Crippen molar-refractivity contribution in [3.05, 3.63) is 95.7 Å². The van der Waals surface area contributed by atoms with Gasteiger partial charge >= 0.3 is 10.2 Å². The Morgan fingerprint density at radius 3 is 2.32 bits per heavy atom. The molecule has 4 fully saturated rings. The van der Waals surface area contributed by atoms with Gasteiger partial charge in [0.1, 0.15) is 29.1 Å². The van der Waals surface area contributed by atoms with E-state index in [-0.39, 0.29) is 54.5 Å². The van der Waals surface area contributed by atoms with Crippen LogP contribution in [0.25, 0.3) is 22.2 Å². The van der Waals surface area contributed by atoms with Crippen molar-refractivity contribution in [2.45, 2.75) is 62.6 Å². The number of aromatic amines is 1. The summed E-state index contributed by atoms with van der Waals surface area (Å²) in [6, 6.07) is 10.8. The molecule has 0 bridgehead atoms. The summed E-state index contributed by atoms with van der Waals surface area (Å²) in [5.41, 5.74) is -0.503. The third kappa shape index (κ3) is 9.14. The topological polar surface area (TPSA) is 213 Å². The van der Waals surface area contributed by atoms with Crippen LogP contribution in [0.15, 0.2) is 67.1 Å². The SMILES string of the molecule is CN(C1CC1)S(=O)(=O)Nc1ccc(F)c(C(=O)c2c[nH]c3ncc(-c4ccc(N5CCN(C(=O)CC6(O)CCN(c7ccc(NC8CCC(=O)NC8=O)cc7F)CC6)CC5)nc4)cc23)c1F. The smallest absolute Gasteiger partial charge is 0.301 e. The molecule has 3 amide bonds. The Kier molecular flexibility index (Phi) is 11.9. The zero-order valence-electron chi connectivity index (χ0n) is 35.8. The van der Waals surface area contributed by atoms with Crippen LogP contribution in [0.5, 0.6) is 0 Å². The molecule has 4 aliphatic rings. The maximum absolute atomic E-state index is 15.7. The van der Waals surface area contributed by atoms with E-state index in [0.717, 1.165) is 16.4 Å². The number of amides is 3. The number of nitrogens with zero attached hydrogens (tertiary/aromatic N) is 6. The summed E-state index contributed by atoms with van der Waals surface area (Å²) in [5, 5.41) is 17.0. The Hall–Kier alpha value is -6.58. The number of H-pyrrole nitrogens is 1. The summed E-state index contributed by atoms with van der Waals surface area (Å²) < 4.78 is 74.9. The predicted octanol–water partition coefficient (Wildman–Crippen LogP) is 4.31. The van der Waals surface area contributed by atoms with Gasteiger partial charge in [0.15, 0.2) is 5.82 Å². The summed E-state index contributed by atoms with van der Waals surface area (Å²) in [4.78, 5) is 68.2. The first kappa shape index (κ1) is 44.6. The highest BCUT2D eigenvalue weighted by molar-refractivity contribution is 7.90. The van der Waals surface area contributed by atoms with E-state index in [1.54, 1.807) is 35.5 Å². The molecule has 1 saturated carbocycles. The van der Waals surface area contributed by atoms with Crippen molar-refractivity contribution in [2.75, 3.05) is 66.2 Å². The highest BCUT2D eigenvalue weighted by atomic mass is 32.2. The second kappa shape index (κ2) is 17.7. The average molecular weight is 929 g/mol. The molecule has 5 aromatic rings. The number of piperidine rings is 2. The van der Waals surface area contributed by atoms with Crippen LogP contribution in [0.4, 0.5) is 36.1 Å². The van der Waals surface area contributed by atoms with Crippen LogP contribution in [-0.2, 0) is 24.6 Å². The number of hydrogen-bond acceptors (Lipinski definition) is 12. The molecule has 5 N–H and O–H groups in total. The number of benzene rings is 2. The number of fused-ring (bicyclic) bond motifs is 1. The van der Waals surface area contributed by atoms with Gasteiger partial charge in [0.25, 0.3) is 0 Å². The van der Waals surface area contributed by atoms with Gasteiger partial charge in [0, 0.05) is 105 Å². The largest absolute Gasteiger partial charge is 0.389 e. The first-order chi connectivity index (χ1) is 31.6. The van der Waals surface area contributed by atoms with Crippen molar-refractivity contribution in [1.29, 1.82) is 0 Å². The number of aliphatic hydroxyl groups is 1. The zero-order chi connectivity index (χ0) is 46.5. The molecular formula is C45H47F3N10O7S. The number of piperazine rings is 1. The molecule has 2 aromatic carbocycles. The first-order valence-corrected chi connectivity index (χ1v) is 23.1. The van der Waals surface area contributed by atoms with E-state index in [9.17, 15) is 32.7 Å². The minimum atomic E-state index is -4.15. The van der Waals surface area contributed by atoms with E-state index in [1.807, 2.05) is 21.9 Å². The molecule has 0 radical (unpaired) electrons. The Morgan fingerprint density at radius 1 is 0.894 bits per heavy atom. The minimum absolute atomic E-state index is 0.0616. The first-order valence-electron chi connectivity index (χ1n) is 21.7. The highest BCUT2D eigenvalue weighted by Gasteiger charge is 2.38. The van der Waals surface area contributed by atoms with Gasteiger partial charge < -0.3 is 30.1 Å². The van der Waals surface area contributed by atoms with Gasteiger partial charge in [-0.2, -0.15) is 12.7 Å². The Labute approximate surface area is 377 Å². The molecule has 3 saturated heterocycles. The molecule has 21 heteroatoms. The fourth-order valence-electron chi connectivity index (χ4n) is 8.72. The van der Waals surface area contributed by atoms with Crippen LogP contribution in [0, 0.1) is 17.5 Å². The third-order valence-electron chi connectivity index (χ3n) is 12.9. The van der Waals surface area contributed by atoms with E-state index in [0.29, 0.717) is 92.5 Å². The fraction of sp³-hybridized carbons (Fsp3) is 0.378. The van der Waals surface area contributed by atoms with Gasteiger partial charge in [-0.15, -0.1) is 0 Å². The molecule has 3 aliphatic heterocycles. The van der Waals surface area contributed by atoms with E-state index in [4.69, 9.17) is 0 Å².